The zero-order valence-corrected chi connectivity index (χ0v) is 18.7. The number of phenolic OH excluding ortho intramolecular Hbond substituents is 1. The summed E-state index contributed by atoms with van der Waals surface area (Å²) in [5, 5.41) is 20.8. The third-order valence-electron chi connectivity index (χ3n) is 5.33. The number of benzene rings is 2. The number of phenols is 1. The Morgan fingerprint density at radius 3 is 2.50 bits per heavy atom. The fraction of sp³-hybridized carbons (Fsp3) is 0.360. The van der Waals surface area contributed by atoms with Crippen LogP contribution in [0.25, 0.3) is 5.76 Å². The second kappa shape index (κ2) is 10.3. The van der Waals surface area contributed by atoms with Crippen LogP contribution in [0.1, 0.15) is 36.9 Å². The van der Waals surface area contributed by atoms with Crippen LogP contribution in [-0.2, 0) is 9.59 Å². The first-order valence-electron chi connectivity index (χ1n) is 10.8. The lowest BCUT2D eigenvalue weighted by Gasteiger charge is -2.26. The number of likely N-dealkylation sites (tertiary alicyclic amines) is 1. The van der Waals surface area contributed by atoms with Gasteiger partial charge in [0.2, 0.25) is 0 Å². The minimum atomic E-state index is -0.738. The smallest absolute Gasteiger partial charge is 0.295 e. The Labute approximate surface area is 188 Å². The highest BCUT2D eigenvalue weighted by Crippen LogP contribution is 2.40. The number of Topliss-reactive ketones (excluding diaryl/α,β-unsaturated/α-hetero) is 1. The van der Waals surface area contributed by atoms with Gasteiger partial charge in [-0.25, -0.2) is 0 Å². The van der Waals surface area contributed by atoms with E-state index in [1.165, 1.54) is 17.0 Å². The molecule has 0 radical (unpaired) electrons. The van der Waals surface area contributed by atoms with Gasteiger partial charge in [-0.3, -0.25) is 9.59 Å². The van der Waals surface area contributed by atoms with E-state index in [1.807, 2.05) is 25.9 Å². The second-order valence-electron chi connectivity index (χ2n) is 8.12. The zero-order chi connectivity index (χ0) is 23.3. The van der Waals surface area contributed by atoms with E-state index in [0.717, 1.165) is 13.0 Å². The molecule has 1 fully saturated rings. The average molecular weight is 439 g/mol. The lowest BCUT2D eigenvalue weighted by molar-refractivity contribution is -0.139. The number of aromatic hydroxyl groups is 1. The monoisotopic (exact) mass is 438 g/mol. The zero-order valence-electron chi connectivity index (χ0n) is 18.7. The predicted molar refractivity (Wildman–Crippen MR) is 123 cm³/mol. The van der Waals surface area contributed by atoms with Gasteiger partial charge in [-0.05, 0) is 63.3 Å². The Kier molecular flexibility index (Phi) is 7.53. The molecule has 0 spiro atoms. The van der Waals surface area contributed by atoms with Crippen molar-refractivity contribution in [3.05, 3.63) is 65.2 Å². The van der Waals surface area contributed by atoms with Crippen LogP contribution in [0.2, 0.25) is 0 Å². The quantitative estimate of drug-likeness (QED) is 0.354. The molecule has 1 heterocycles. The fourth-order valence-electron chi connectivity index (χ4n) is 3.78. The van der Waals surface area contributed by atoms with Crippen LogP contribution in [0.4, 0.5) is 0 Å². The number of amides is 1. The van der Waals surface area contributed by atoms with Crippen molar-refractivity contribution < 1.29 is 24.5 Å². The number of carbonyl (C=O) groups excluding carboxylic acids is 2. The summed E-state index contributed by atoms with van der Waals surface area (Å²) in [4.78, 5) is 29.5. The van der Waals surface area contributed by atoms with Crippen molar-refractivity contribution in [1.82, 2.24) is 9.80 Å². The van der Waals surface area contributed by atoms with Crippen LogP contribution in [-0.4, -0.2) is 65.5 Å². The number of carbonyl (C=O) groups is 2. The molecule has 0 aliphatic carbocycles. The van der Waals surface area contributed by atoms with Gasteiger partial charge < -0.3 is 24.7 Å². The van der Waals surface area contributed by atoms with E-state index in [1.54, 1.807) is 36.4 Å². The standard InChI is InChI=1S/C25H30N2O5/c1-4-15-32-20-8-5-7-18(16-20)23(29)21-22(17-9-11-19(28)12-10-17)27(25(31)24(21)30)14-6-13-26(2)3/h5,7-12,16,22,28-29H,4,6,13-15H2,1-3H3/b23-21-. The molecule has 0 aromatic heterocycles. The summed E-state index contributed by atoms with van der Waals surface area (Å²) in [6, 6.07) is 12.5. The van der Waals surface area contributed by atoms with Crippen LogP contribution in [0, 0.1) is 0 Å². The first-order chi connectivity index (χ1) is 15.3. The molecule has 1 aliphatic heterocycles. The molecule has 1 atom stereocenters. The van der Waals surface area contributed by atoms with E-state index < -0.39 is 17.7 Å². The Morgan fingerprint density at radius 1 is 1.12 bits per heavy atom. The predicted octanol–water partition coefficient (Wildman–Crippen LogP) is 3.55. The summed E-state index contributed by atoms with van der Waals surface area (Å²) >= 11 is 0. The van der Waals surface area contributed by atoms with Gasteiger partial charge in [0.15, 0.2) is 0 Å². The van der Waals surface area contributed by atoms with Crippen molar-refractivity contribution in [2.75, 3.05) is 33.8 Å². The normalized spacial score (nSPS) is 17.9. The largest absolute Gasteiger partial charge is 0.508 e. The maximum atomic E-state index is 13.0. The number of hydrogen-bond donors (Lipinski definition) is 2. The molecule has 7 nitrogen and oxygen atoms in total. The van der Waals surface area contributed by atoms with E-state index in [0.29, 0.717) is 36.4 Å². The molecule has 1 saturated heterocycles. The molecule has 3 rings (SSSR count). The molecule has 1 unspecified atom stereocenters. The number of aliphatic hydroxyl groups is 1. The summed E-state index contributed by atoms with van der Waals surface area (Å²) in [6.07, 6.45) is 1.52. The second-order valence-corrected chi connectivity index (χ2v) is 8.12. The third-order valence-corrected chi connectivity index (χ3v) is 5.33. The number of nitrogens with zero attached hydrogens (tertiary/aromatic N) is 2. The summed E-state index contributed by atoms with van der Waals surface area (Å²) < 4.78 is 5.65. The number of aliphatic hydroxyl groups excluding tert-OH is 1. The molecule has 1 aliphatic rings. The van der Waals surface area contributed by atoms with Crippen molar-refractivity contribution >= 4 is 17.4 Å². The van der Waals surface area contributed by atoms with Crippen molar-refractivity contribution in [1.29, 1.82) is 0 Å². The van der Waals surface area contributed by atoms with Gasteiger partial charge in [0.1, 0.15) is 17.3 Å². The van der Waals surface area contributed by atoms with Crippen molar-refractivity contribution in [2.45, 2.75) is 25.8 Å². The minimum absolute atomic E-state index is 0.0400. The number of ether oxygens (including phenoxy) is 1. The van der Waals surface area contributed by atoms with E-state index >= 15 is 0 Å². The molecule has 1 amide bonds. The number of rotatable bonds is 9. The van der Waals surface area contributed by atoms with Gasteiger partial charge >= 0.3 is 0 Å². The van der Waals surface area contributed by atoms with Crippen LogP contribution in [0.5, 0.6) is 11.5 Å². The van der Waals surface area contributed by atoms with Crippen LogP contribution >= 0.6 is 0 Å². The van der Waals surface area contributed by atoms with Crippen LogP contribution in [0.15, 0.2) is 54.1 Å². The van der Waals surface area contributed by atoms with Crippen LogP contribution < -0.4 is 4.74 Å². The Balaban J connectivity index is 2.05. The van der Waals surface area contributed by atoms with Gasteiger partial charge in [0.05, 0.1) is 18.2 Å². The first-order valence-corrected chi connectivity index (χ1v) is 10.8. The van der Waals surface area contributed by atoms with Gasteiger partial charge in [-0.2, -0.15) is 0 Å². The highest BCUT2D eigenvalue weighted by molar-refractivity contribution is 6.46. The molecule has 0 bridgehead atoms. The SMILES string of the molecule is CCCOc1cccc(/C(O)=C2/C(=O)C(=O)N(CCCN(C)C)C2c2ccc(O)cc2)c1. The molecule has 170 valence electrons. The maximum Gasteiger partial charge on any atom is 0.295 e. The highest BCUT2D eigenvalue weighted by atomic mass is 16.5. The van der Waals surface area contributed by atoms with E-state index in [-0.39, 0.29) is 17.1 Å². The number of hydrogen-bond acceptors (Lipinski definition) is 6. The Hall–Kier alpha value is -3.32. The summed E-state index contributed by atoms with van der Waals surface area (Å²) in [7, 11) is 3.89. The van der Waals surface area contributed by atoms with E-state index in [9.17, 15) is 19.8 Å². The Morgan fingerprint density at radius 2 is 1.84 bits per heavy atom. The average Bonchev–Trinajstić information content (AvgIpc) is 3.02. The van der Waals surface area contributed by atoms with Gasteiger partial charge in [-0.15, -0.1) is 0 Å². The van der Waals surface area contributed by atoms with E-state index in [4.69, 9.17) is 4.74 Å². The summed E-state index contributed by atoms with van der Waals surface area (Å²) in [5.41, 5.74) is 1.10. The summed E-state index contributed by atoms with van der Waals surface area (Å²) in [6.45, 7) is 3.65. The fourth-order valence-corrected chi connectivity index (χ4v) is 3.78. The minimum Gasteiger partial charge on any atom is -0.508 e. The molecule has 32 heavy (non-hydrogen) atoms. The molecule has 7 heteroatoms. The topological polar surface area (TPSA) is 90.3 Å². The lowest BCUT2D eigenvalue weighted by Crippen LogP contribution is -2.32. The van der Waals surface area contributed by atoms with Crippen molar-refractivity contribution in [3.8, 4) is 11.5 Å². The van der Waals surface area contributed by atoms with Crippen LogP contribution in [0.3, 0.4) is 0 Å². The van der Waals surface area contributed by atoms with Crippen molar-refractivity contribution in [2.24, 2.45) is 0 Å². The molecule has 2 aromatic rings. The summed E-state index contributed by atoms with van der Waals surface area (Å²) in [5.74, 6) is -0.929. The van der Waals surface area contributed by atoms with Crippen molar-refractivity contribution in [3.63, 3.8) is 0 Å². The van der Waals surface area contributed by atoms with Gasteiger partial charge in [-0.1, -0.05) is 31.2 Å². The first kappa shape index (κ1) is 23.3. The highest BCUT2D eigenvalue weighted by Gasteiger charge is 2.45. The van der Waals surface area contributed by atoms with Gasteiger partial charge in [0.25, 0.3) is 11.7 Å². The Bertz CT molecular complexity index is 998. The molecular weight excluding hydrogens is 408 g/mol. The third kappa shape index (κ3) is 5.11. The molecule has 0 saturated carbocycles. The van der Waals surface area contributed by atoms with Gasteiger partial charge in [0, 0.05) is 12.1 Å². The molecule has 2 N–H and O–H groups in total. The van der Waals surface area contributed by atoms with E-state index in [2.05, 4.69) is 0 Å². The molecule has 2 aromatic carbocycles. The molecular formula is C25H30N2O5. The number of ketones is 1. The lowest BCUT2D eigenvalue weighted by atomic mass is 9.95. The maximum absolute atomic E-state index is 13.0.